The molecule has 0 saturated carbocycles. The third-order valence-electron chi connectivity index (χ3n) is 3.60. The first-order chi connectivity index (χ1) is 12.0. The first-order valence-corrected chi connectivity index (χ1v) is 8.12. The van der Waals surface area contributed by atoms with Crippen molar-refractivity contribution in [3.8, 4) is 0 Å². The summed E-state index contributed by atoms with van der Waals surface area (Å²) in [5, 5.41) is 10.6. The van der Waals surface area contributed by atoms with Gasteiger partial charge in [0.1, 0.15) is 17.9 Å². The van der Waals surface area contributed by atoms with Gasteiger partial charge in [-0.1, -0.05) is 0 Å². The van der Waals surface area contributed by atoms with E-state index in [-0.39, 0.29) is 30.8 Å². The Morgan fingerprint density at radius 1 is 1.23 bits per heavy atom. The highest BCUT2D eigenvalue weighted by Crippen LogP contribution is 2.21. The second kappa shape index (κ2) is 7.67. The zero-order chi connectivity index (χ0) is 19.5. The number of ether oxygens (including phenoxy) is 2. The standard InChI is InChI=1S/C17H21FN2O6/c1-17(2,3)26-16(22)19-9-12(18)8-14(10-19)25-15(21)11-4-6-13(7-5-11)20(23)24/h4-7,12,14H,8-10H2,1-3H3/t12-,14-/m0/s1. The number of carbonyl (C=O) groups excluding carboxylic acids is 2. The molecule has 2 rings (SSSR count). The van der Waals surface area contributed by atoms with Gasteiger partial charge in [0.15, 0.2) is 0 Å². The number of nitro groups is 1. The van der Waals surface area contributed by atoms with Crippen LogP contribution in [0.3, 0.4) is 0 Å². The van der Waals surface area contributed by atoms with Crippen LogP contribution in [0.1, 0.15) is 37.6 Å². The van der Waals surface area contributed by atoms with E-state index in [4.69, 9.17) is 9.47 Å². The van der Waals surface area contributed by atoms with Crippen LogP contribution in [0.5, 0.6) is 0 Å². The van der Waals surface area contributed by atoms with Gasteiger partial charge in [-0.3, -0.25) is 10.1 Å². The third kappa shape index (κ3) is 5.40. The van der Waals surface area contributed by atoms with Crippen LogP contribution in [0.15, 0.2) is 24.3 Å². The molecule has 1 aliphatic rings. The SMILES string of the molecule is CC(C)(C)OC(=O)N1C[C@@H](F)C[C@H](OC(=O)c2ccc([N+](=O)[O-])cc2)C1. The lowest BCUT2D eigenvalue weighted by atomic mass is 10.1. The number of hydrogen-bond donors (Lipinski definition) is 0. The van der Waals surface area contributed by atoms with Crippen molar-refractivity contribution in [3.63, 3.8) is 0 Å². The second-order valence-corrected chi connectivity index (χ2v) is 7.05. The molecule has 0 aliphatic carbocycles. The topological polar surface area (TPSA) is 99.0 Å². The van der Waals surface area contributed by atoms with Crippen molar-refractivity contribution < 1.29 is 28.4 Å². The van der Waals surface area contributed by atoms with Crippen molar-refractivity contribution >= 4 is 17.7 Å². The highest BCUT2D eigenvalue weighted by molar-refractivity contribution is 5.89. The molecular weight excluding hydrogens is 347 g/mol. The van der Waals surface area contributed by atoms with Gasteiger partial charge in [0.25, 0.3) is 5.69 Å². The van der Waals surface area contributed by atoms with Crippen molar-refractivity contribution in [2.45, 2.75) is 45.1 Å². The molecule has 1 fully saturated rings. The summed E-state index contributed by atoms with van der Waals surface area (Å²) in [5.74, 6) is -0.733. The maximum atomic E-state index is 14.0. The Morgan fingerprint density at radius 2 is 1.85 bits per heavy atom. The number of benzene rings is 1. The predicted molar refractivity (Wildman–Crippen MR) is 89.6 cm³/mol. The fourth-order valence-corrected chi connectivity index (χ4v) is 2.49. The Kier molecular flexibility index (Phi) is 5.79. The number of carbonyl (C=O) groups is 2. The first-order valence-electron chi connectivity index (χ1n) is 8.12. The normalized spacial score (nSPS) is 20.4. The number of non-ortho nitro benzene ring substituents is 1. The average molecular weight is 368 g/mol. The largest absolute Gasteiger partial charge is 0.457 e. The minimum atomic E-state index is -1.34. The minimum Gasteiger partial charge on any atom is -0.457 e. The molecule has 0 aromatic heterocycles. The summed E-state index contributed by atoms with van der Waals surface area (Å²) in [4.78, 5) is 35.5. The molecule has 26 heavy (non-hydrogen) atoms. The number of piperidine rings is 1. The highest BCUT2D eigenvalue weighted by Gasteiger charge is 2.34. The van der Waals surface area contributed by atoms with Crippen LogP contribution < -0.4 is 0 Å². The molecule has 0 spiro atoms. The van der Waals surface area contributed by atoms with Crippen LogP contribution in [0, 0.1) is 10.1 Å². The minimum absolute atomic E-state index is 0.0219. The van der Waals surface area contributed by atoms with Crippen LogP contribution in [0.4, 0.5) is 14.9 Å². The van der Waals surface area contributed by atoms with Crippen LogP contribution in [0.25, 0.3) is 0 Å². The fourth-order valence-electron chi connectivity index (χ4n) is 2.49. The quantitative estimate of drug-likeness (QED) is 0.462. The van der Waals surface area contributed by atoms with Gasteiger partial charge in [-0.25, -0.2) is 14.0 Å². The van der Waals surface area contributed by atoms with Crippen molar-refractivity contribution in [3.05, 3.63) is 39.9 Å². The van der Waals surface area contributed by atoms with Crippen LogP contribution in [0.2, 0.25) is 0 Å². The Balaban J connectivity index is 2.00. The van der Waals surface area contributed by atoms with E-state index in [0.717, 1.165) is 0 Å². The molecule has 9 heteroatoms. The molecule has 8 nitrogen and oxygen atoms in total. The summed E-state index contributed by atoms with van der Waals surface area (Å²) >= 11 is 0. The zero-order valence-corrected chi connectivity index (χ0v) is 14.8. The maximum Gasteiger partial charge on any atom is 0.410 e. The number of amides is 1. The number of halogens is 1. The van der Waals surface area contributed by atoms with E-state index in [1.54, 1.807) is 20.8 Å². The molecule has 1 aliphatic heterocycles. The van der Waals surface area contributed by atoms with Crippen molar-refractivity contribution in [2.75, 3.05) is 13.1 Å². The van der Waals surface area contributed by atoms with E-state index in [0.29, 0.717) is 0 Å². The summed E-state index contributed by atoms with van der Waals surface area (Å²) in [6.07, 6.45) is -2.87. The van der Waals surface area contributed by atoms with Crippen molar-refractivity contribution in [1.82, 2.24) is 4.90 Å². The van der Waals surface area contributed by atoms with E-state index >= 15 is 0 Å². The Morgan fingerprint density at radius 3 is 2.38 bits per heavy atom. The molecule has 1 aromatic carbocycles. The summed E-state index contributed by atoms with van der Waals surface area (Å²) in [5.41, 5.74) is -0.759. The smallest absolute Gasteiger partial charge is 0.410 e. The summed E-state index contributed by atoms with van der Waals surface area (Å²) < 4.78 is 24.4. The molecule has 0 unspecified atom stereocenters. The number of rotatable bonds is 3. The fraction of sp³-hybridized carbons (Fsp3) is 0.529. The first kappa shape index (κ1) is 19.6. The molecule has 0 radical (unpaired) electrons. The lowest BCUT2D eigenvalue weighted by Crippen LogP contribution is -2.50. The molecule has 0 N–H and O–H groups in total. The van der Waals surface area contributed by atoms with Crippen molar-refractivity contribution in [2.24, 2.45) is 0 Å². The van der Waals surface area contributed by atoms with E-state index < -0.39 is 34.9 Å². The van der Waals surface area contributed by atoms with E-state index in [9.17, 15) is 24.1 Å². The number of nitrogens with zero attached hydrogens (tertiary/aromatic N) is 2. The Labute approximate surface area is 150 Å². The van der Waals surface area contributed by atoms with Crippen molar-refractivity contribution in [1.29, 1.82) is 0 Å². The molecule has 0 bridgehead atoms. The van der Waals surface area contributed by atoms with Gasteiger partial charge in [0, 0.05) is 18.6 Å². The second-order valence-electron chi connectivity index (χ2n) is 7.05. The summed E-state index contributed by atoms with van der Waals surface area (Å²) in [6, 6.07) is 4.90. The van der Waals surface area contributed by atoms with Gasteiger partial charge < -0.3 is 14.4 Å². The zero-order valence-electron chi connectivity index (χ0n) is 14.8. The molecule has 1 aromatic rings. The number of likely N-dealkylation sites (tertiary alicyclic amines) is 1. The molecule has 2 atom stereocenters. The lowest BCUT2D eigenvalue weighted by Gasteiger charge is -2.35. The number of esters is 1. The van der Waals surface area contributed by atoms with Gasteiger partial charge in [0.05, 0.1) is 23.6 Å². The molecule has 1 heterocycles. The van der Waals surface area contributed by atoms with Gasteiger partial charge in [-0.15, -0.1) is 0 Å². The van der Waals surface area contributed by atoms with Gasteiger partial charge in [-0.05, 0) is 32.9 Å². The molecule has 1 amide bonds. The number of hydrogen-bond acceptors (Lipinski definition) is 6. The Hall–Kier alpha value is -2.71. The Bertz CT molecular complexity index is 685. The van der Waals surface area contributed by atoms with E-state index in [1.807, 2.05) is 0 Å². The third-order valence-corrected chi connectivity index (χ3v) is 3.60. The van der Waals surface area contributed by atoms with E-state index in [2.05, 4.69) is 0 Å². The van der Waals surface area contributed by atoms with Gasteiger partial charge in [-0.2, -0.15) is 0 Å². The van der Waals surface area contributed by atoms with Crippen LogP contribution in [-0.4, -0.2) is 52.9 Å². The maximum absolute atomic E-state index is 14.0. The highest BCUT2D eigenvalue weighted by atomic mass is 19.1. The summed E-state index contributed by atoms with van der Waals surface area (Å²) in [7, 11) is 0. The summed E-state index contributed by atoms with van der Waals surface area (Å²) in [6.45, 7) is 5.00. The average Bonchev–Trinajstić information content (AvgIpc) is 2.52. The van der Waals surface area contributed by atoms with E-state index in [1.165, 1.54) is 29.2 Å². The molecule has 142 valence electrons. The number of alkyl halides is 1. The monoisotopic (exact) mass is 368 g/mol. The predicted octanol–water partition coefficient (Wildman–Crippen LogP) is 3.10. The molecule has 1 saturated heterocycles. The lowest BCUT2D eigenvalue weighted by molar-refractivity contribution is -0.384. The molecular formula is C17H21FN2O6. The van der Waals surface area contributed by atoms with Gasteiger partial charge >= 0.3 is 12.1 Å². The van der Waals surface area contributed by atoms with Gasteiger partial charge in [0.2, 0.25) is 0 Å². The van der Waals surface area contributed by atoms with Crippen LogP contribution in [-0.2, 0) is 9.47 Å². The van der Waals surface area contributed by atoms with Crippen LogP contribution >= 0.6 is 0 Å². The number of nitro benzene ring substituents is 1.